The highest BCUT2D eigenvalue weighted by Gasteiger charge is 2.18. The molecule has 2 aromatic carbocycles. The lowest BCUT2D eigenvalue weighted by atomic mass is 10.1. The van der Waals surface area contributed by atoms with Crippen molar-refractivity contribution in [2.24, 2.45) is 0 Å². The van der Waals surface area contributed by atoms with Gasteiger partial charge in [0.2, 0.25) is 5.91 Å². The third-order valence-electron chi connectivity index (χ3n) is 3.10. The van der Waals surface area contributed by atoms with Crippen LogP contribution in [0.4, 0.5) is 0 Å². The quantitative estimate of drug-likeness (QED) is 0.861. The van der Waals surface area contributed by atoms with Gasteiger partial charge >= 0.3 is 5.97 Å². The van der Waals surface area contributed by atoms with Gasteiger partial charge in [0, 0.05) is 18.4 Å². The van der Waals surface area contributed by atoms with Gasteiger partial charge in [-0.05, 0) is 16.3 Å². The molecular weight excluding hydrogens is 286 g/mol. The number of thioether (sulfide) groups is 1. The fraction of sp³-hybridized carbons (Fsp3) is 0.250. The molecule has 2 N–H and O–H groups in total. The summed E-state index contributed by atoms with van der Waals surface area (Å²) in [5.41, 5.74) is 1.17. The van der Waals surface area contributed by atoms with E-state index < -0.39 is 12.0 Å². The third kappa shape index (κ3) is 4.23. The molecule has 110 valence electrons. The van der Waals surface area contributed by atoms with Crippen molar-refractivity contribution in [2.75, 3.05) is 5.75 Å². The van der Waals surface area contributed by atoms with Gasteiger partial charge in [-0.3, -0.25) is 4.79 Å². The van der Waals surface area contributed by atoms with Crippen LogP contribution in [0.1, 0.15) is 12.5 Å². The molecule has 2 rings (SSSR count). The predicted molar refractivity (Wildman–Crippen MR) is 85.4 cm³/mol. The van der Waals surface area contributed by atoms with Crippen LogP contribution in [0.5, 0.6) is 0 Å². The monoisotopic (exact) mass is 303 g/mol. The number of amides is 1. The second kappa shape index (κ2) is 7.13. The summed E-state index contributed by atoms with van der Waals surface area (Å²) >= 11 is 1.50. The topological polar surface area (TPSA) is 66.4 Å². The van der Waals surface area contributed by atoms with Crippen molar-refractivity contribution in [3.8, 4) is 0 Å². The highest BCUT2D eigenvalue weighted by Crippen LogP contribution is 2.23. The lowest BCUT2D eigenvalue weighted by Crippen LogP contribution is -2.41. The van der Waals surface area contributed by atoms with E-state index in [0.29, 0.717) is 11.5 Å². The number of aliphatic carboxylic acids is 1. The molecule has 0 fully saturated rings. The first kappa shape index (κ1) is 15.4. The Bertz CT molecular complexity index is 652. The van der Waals surface area contributed by atoms with Gasteiger partial charge in [-0.2, -0.15) is 11.8 Å². The lowest BCUT2D eigenvalue weighted by Gasteiger charge is -2.13. The van der Waals surface area contributed by atoms with Gasteiger partial charge in [-0.15, -0.1) is 0 Å². The van der Waals surface area contributed by atoms with Crippen molar-refractivity contribution in [3.63, 3.8) is 0 Å². The van der Waals surface area contributed by atoms with Crippen molar-refractivity contribution in [1.29, 1.82) is 0 Å². The molecule has 0 saturated heterocycles. The van der Waals surface area contributed by atoms with Crippen LogP contribution < -0.4 is 5.32 Å². The van der Waals surface area contributed by atoms with Gasteiger partial charge in [0.15, 0.2) is 0 Å². The summed E-state index contributed by atoms with van der Waals surface area (Å²) in [5.74, 6) is -0.271. The summed E-state index contributed by atoms with van der Waals surface area (Å²) in [6.45, 7) is 1.32. The first-order chi connectivity index (χ1) is 10.1. The fourth-order valence-electron chi connectivity index (χ4n) is 2.13. The average molecular weight is 303 g/mol. The van der Waals surface area contributed by atoms with Gasteiger partial charge in [0.05, 0.1) is 0 Å². The van der Waals surface area contributed by atoms with Crippen molar-refractivity contribution in [3.05, 3.63) is 48.0 Å². The standard InChI is InChI=1S/C16H17NO3S/c1-11(18)17-15(16(19)20)10-21-9-13-7-4-6-12-5-2-3-8-14(12)13/h2-8,15H,9-10H2,1H3,(H,17,18)(H,19,20)/t15-/m0/s1. The molecule has 0 heterocycles. The van der Waals surface area contributed by atoms with E-state index in [-0.39, 0.29) is 5.91 Å². The van der Waals surface area contributed by atoms with Crippen LogP contribution >= 0.6 is 11.8 Å². The first-order valence-corrected chi connectivity index (χ1v) is 7.77. The van der Waals surface area contributed by atoms with E-state index in [1.54, 1.807) is 0 Å². The number of hydrogen-bond donors (Lipinski definition) is 2. The number of nitrogens with one attached hydrogen (secondary N) is 1. The maximum atomic E-state index is 11.1. The summed E-state index contributed by atoms with van der Waals surface area (Å²) < 4.78 is 0. The Balaban J connectivity index is 2.01. The summed E-state index contributed by atoms with van der Waals surface area (Å²) in [4.78, 5) is 22.0. The van der Waals surface area contributed by atoms with E-state index in [4.69, 9.17) is 5.11 Å². The van der Waals surface area contributed by atoms with E-state index in [0.717, 1.165) is 0 Å². The predicted octanol–water partition coefficient (Wildman–Crippen LogP) is 2.66. The SMILES string of the molecule is CC(=O)N[C@@H](CSCc1cccc2ccccc12)C(=O)O. The molecule has 0 bridgehead atoms. The Morgan fingerprint density at radius 1 is 1.19 bits per heavy atom. The number of carbonyl (C=O) groups is 2. The number of benzene rings is 2. The van der Waals surface area contributed by atoms with Crippen molar-refractivity contribution in [1.82, 2.24) is 5.32 Å². The van der Waals surface area contributed by atoms with Crippen LogP contribution in [0.25, 0.3) is 10.8 Å². The fourth-order valence-corrected chi connectivity index (χ4v) is 3.18. The number of carbonyl (C=O) groups excluding carboxylic acids is 1. The molecule has 0 aliphatic heterocycles. The molecule has 0 radical (unpaired) electrons. The molecule has 0 unspecified atom stereocenters. The second-order valence-electron chi connectivity index (χ2n) is 4.74. The Morgan fingerprint density at radius 2 is 1.90 bits per heavy atom. The minimum atomic E-state index is -1.00. The summed E-state index contributed by atoms with van der Waals surface area (Å²) in [6.07, 6.45) is 0. The van der Waals surface area contributed by atoms with E-state index in [1.807, 2.05) is 24.3 Å². The van der Waals surface area contributed by atoms with Crippen LogP contribution in [0.2, 0.25) is 0 Å². The zero-order chi connectivity index (χ0) is 15.2. The van der Waals surface area contributed by atoms with Gasteiger partial charge in [0.25, 0.3) is 0 Å². The molecule has 0 aliphatic carbocycles. The number of carboxylic acids is 1. The van der Waals surface area contributed by atoms with Crippen molar-refractivity contribution in [2.45, 2.75) is 18.7 Å². The normalized spacial score (nSPS) is 12.0. The number of rotatable bonds is 6. The minimum absolute atomic E-state index is 0.326. The summed E-state index contributed by atoms with van der Waals surface area (Å²) in [5, 5.41) is 13.9. The van der Waals surface area contributed by atoms with Crippen LogP contribution in [0, 0.1) is 0 Å². The smallest absolute Gasteiger partial charge is 0.327 e. The van der Waals surface area contributed by atoms with Gasteiger partial charge in [-0.1, -0.05) is 42.5 Å². The van der Waals surface area contributed by atoms with Crippen molar-refractivity contribution < 1.29 is 14.7 Å². The number of hydrogen-bond acceptors (Lipinski definition) is 3. The third-order valence-corrected chi connectivity index (χ3v) is 4.18. The molecule has 21 heavy (non-hydrogen) atoms. The molecule has 0 aliphatic rings. The van der Waals surface area contributed by atoms with Crippen LogP contribution in [0.3, 0.4) is 0 Å². The summed E-state index contributed by atoms with van der Waals surface area (Å²) in [6, 6.07) is 13.4. The second-order valence-corrected chi connectivity index (χ2v) is 5.78. The van der Waals surface area contributed by atoms with Gasteiger partial charge < -0.3 is 10.4 Å². The Kier molecular flexibility index (Phi) is 5.22. The van der Waals surface area contributed by atoms with E-state index in [9.17, 15) is 9.59 Å². The van der Waals surface area contributed by atoms with E-state index in [1.165, 1.54) is 35.0 Å². The number of fused-ring (bicyclic) bond motifs is 1. The zero-order valence-corrected chi connectivity index (χ0v) is 12.5. The Labute approximate surface area is 127 Å². The van der Waals surface area contributed by atoms with Crippen LogP contribution in [0.15, 0.2) is 42.5 Å². The highest BCUT2D eigenvalue weighted by molar-refractivity contribution is 7.98. The molecule has 1 atom stereocenters. The van der Waals surface area contributed by atoms with Crippen LogP contribution in [-0.4, -0.2) is 28.8 Å². The molecule has 0 aromatic heterocycles. The Morgan fingerprint density at radius 3 is 2.62 bits per heavy atom. The molecule has 4 nitrogen and oxygen atoms in total. The van der Waals surface area contributed by atoms with Crippen molar-refractivity contribution >= 4 is 34.4 Å². The molecule has 0 spiro atoms. The maximum Gasteiger partial charge on any atom is 0.327 e. The Hall–Kier alpha value is -2.01. The van der Waals surface area contributed by atoms with Gasteiger partial charge in [0.1, 0.15) is 6.04 Å². The molecular formula is C16H17NO3S. The highest BCUT2D eigenvalue weighted by atomic mass is 32.2. The minimum Gasteiger partial charge on any atom is -0.480 e. The molecule has 0 saturated carbocycles. The lowest BCUT2D eigenvalue weighted by molar-refractivity contribution is -0.140. The van der Waals surface area contributed by atoms with Crippen LogP contribution in [-0.2, 0) is 15.3 Å². The van der Waals surface area contributed by atoms with E-state index >= 15 is 0 Å². The van der Waals surface area contributed by atoms with E-state index in [2.05, 4.69) is 23.5 Å². The zero-order valence-electron chi connectivity index (χ0n) is 11.7. The first-order valence-electron chi connectivity index (χ1n) is 6.62. The largest absolute Gasteiger partial charge is 0.480 e. The molecule has 5 heteroatoms. The summed E-state index contributed by atoms with van der Waals surface area (Å²) in [7, 11) is 0. The average Bonchev–Trinajstić information content (AvgIpc) is 2.46. The molecule has 1 amide bonds. The maximum absolute atomic E-state index is 11.1. The van der Waals surface area contributed by atoms with Gasteiger partial charge in [-0.25, -0.2) is 4.79 Å². The number of carboxylic acid groups (broad SMARTS) is 1. The molecule has 2 aromatic rings.